The number of carbonyl (C=O) groups is 3. The first kappa shape index (κ1) is 36.9. The molecule has 1 saturated heterocycles. The zero-order valence-corrected chi connectivity index (χ0v) is 32.4. The predicted molar refractivity (Wildman–Crippen MR) is 193 cm³/mol. The van der Waals surface area contributed by atoms with Crippen molar-refractivity contribution in [1.82, 2.24) is 10.2 Å². The number of likely N-dealkylation sites (N-methyl/N-ethyl adjacent to an activating group) is 1. The van der Waals surface area contributed by atoms with Gasteiger partial charge in [0.1, 0.15) is 23.2 Å². The van der Waals surface area contributed by atoms with Gasteiger partial charge in [0.05, 0.1) is 11.0 Å². The molecule has 12 heteroatoms. The van der Waals surface area contributed by atoms with Crippen LogP contribution in [-0.2, 0) is 35.6 Å². The molecule has 2 N–H and O–H groups in total. The SMILES string of the molecule is C[C@H](NC(=O)[C@@H](OC(=O)OC(C)(C)C)c1ccccc1)C(=O)OC1=CC[C@@]2(O)[C@@H]3Cc4ccc(O[Si](C)(C)C(C)(C)C)c5c4[C@@]2(CCN3C)[C@H]1O5. The van der Waals surface area contributed by atoms with E-state index < -0.39 is 61.2 Å². The van der Waals surface area contributed by atoms with Gasteiger partial charge >= 0.3 is 12.1 Å². The van der Waals surface area contributed by atoms with E-state index in [4.69, 9.17) is 23.4 Å². The highest BCUT2D eigenvalue weighted by Crippen LogP contribution is 2.65. The van der Waals surface area contributed by atoms with E-state index in [-0.39, 0.29) is 17.5 Å². The Morgan fingerprint density at radius 1 is 1.06 bits per heavy atom. The molecule has 0 radical (unpaired) electrons. The fraction of sp³-hybridized carbons (Fsp3) is 0.564. The van der Waals surface area contributed by atoms with Crippen LogP contribution in [0.3, 0.4) is 0 Å². The number of nitrogens with zero attached hydrogens (tertiary/aromatic N) is 1. The summed E-state index contributed by atoms with van der Waals surface area (Å²) in [5.41, 5.74) is -0.415. The number of ether oxygens (including phenoxy) is 4. The van der Waals surface area contributed by atoms with E-state index in [9.17, 15) is 19.5 Å². The van der Waals surface area contributed by atoms with Gasteiger partial charge in [-0.15, -0.1) is 0 Å². The predicted octanol–water partition coefficient (Wildman–Crippen LogP) is 6.09. The standard InChI is InChI=1S/C39H52N2O9Si/c1-23(40-33(42)30(24-14-12-11-13-15-24)48-35(44)49-36(2,3)4)34(43)46-27-18-19-39(45)28-22-25-16-17-26(50-51(9,10)37(5,6)7)31-29(25)38(39,32(27)47-31)20-21-41(28)8/h11-18,23,28,30,32,45H,19-22H2,1-10H3,(H,40,42)/t23-,28-,30-,32-,38-,39+/m0/s1. The maximum atomic E-state index is 13.8. The van der Waals surface area contributed by atoms with Crippen LogP contribution in [0.2, 0.25) is 18.1 Å². The van der Waals surface area contributed by atoms with Crippen LogP contribution in [0.15, 0.2) is 54.3 Å². The Hall–Kier alpha value is -3.87. The Bertz CT molecular complexity index is 1750. The molecule has 11 nitrogen and oxygen atoms in total. The van der Waals surface area contributed by atoms with Gasteiger partial charge in [0.2, 0.25) is 6.10 Å². The van der Waals surface area contributed by atoms with Crippen LogP contribution in [0.25, 0.3) is 0 Å². The highest BCUT2D eigenvalue weighted by atomic mass is 28.4. The van der Waals surface area contributed by atoms with Gasteiger partial charge in [-0.1, -0.05) is 57.2 Å². The van der Waals surface area contributed by atoms with Crippen LogP contribution in [0.5, 0.6) is 11.5 Å². The average Bonchev–Trinajstić information content (AvgIpc) is 3.39. The van der Waals surface area contributed by atoms with Crippen LogP contribution in [0.1, 0.15) is 84.1 Å². The minimum Gasteiger partial charge on any atom is -0.541 e. The molecule has 6 rings (SSSR count). The molecular weight excluding hydrogens is 669 g/mol. The van der Waals surface area contributed by atoms with Crippen molar-refractivity contribution in [1.29, 1.82) is 0 Å². The number of likely N-dealkylation sites (tertiary alicyclic amines) is 1. The Morgan fingerprint density at radius 2 is 1.75 bits per heavy atom. The maximum Gasteiger partial charge on any atom is 0.509 e. The number of hydrogen-bond acceptors (Lipinski definition) is 10. The van der Waals surface area contributed by atoms with E-state index in [2.05, 4.69) is 50.1 Å². The molecule has 1 fully saturated rings. The fourth-order valence-electron chi connectivity index (χ4n) is 7.76. The molecular formula is C39H52N2O9Si. The maximum absolute atomic E-state index is 13.8. The second-order valence-corrected chi connectivity index (χ2v) is 21.7. The fourth-order valence-corrected chi connectivity index (χ4v) is 8.78. The number of hydrogen-bond donors (Lipinski definition) is 2. The van der Waals surface area contributed by atoms with Crippen molar-refractivity contribution >= 4 is 26.3 Å². The van der Waals surface area contributed by atoms with Crippen LogP contribution in [0.4, 0.5) is 4.79 Å². The van der Waals surface area contributed by atoms with Gasteiger partial charge in [-0.2, -0.15) is 0 Å². The summed E-state index contributed by atoms with van der Waals surface area (Å²) in [6.45, 7) is 18.2. The molecule has 1 amide bonds. The Kier molecular flexibility index (Phi) is 9.16. The third-order valence-electron chi connectivity index (χ3n) is 11.4. The summed E-state index contributed by atoms with van der Waals surface area (Å²) in [6.07, 6.45) is 0.0923. The monoisotopic (exact) mass is 720 g/mol. The largest absolute Gasteiger partial charge is 0.541 e. The number of esters is 1. The highest BCUT2D eigenvalue weighted by Gasteiger charge is 2.72. The molecule has 2 aliphatic carbocycles. The zero-order valence-electron chi connectivity index (χ0n) is 31.4. The number of aliphatic hydroxyl groups is 1. The molecule has 4 aliphatic rings. The van der Waals surface area contributed by atoms with Crippen molar-refractivity contribution in [3.63, 3.8) is 0 Å². The molecule has 1 spiro atoms. The van der Waals surface area contributed by atoms with Gasteiger partial charge in [0.15, 0.2) is 11.9 Å². The van der Waals surface area contributed by atoms with E-state index in [1.807, 2.05) is 13.1 Å². The topological polar surface area (TPSA) is 133 Å². The Morgan fingerprint density at radius 3 is 2.39 bits per heavy atom. The Labute approximate surface area is 301 Å². The van der Waals surface area contributed by atoms with E-state index in [0.717, 1.165) is 17.7 Å². The van der Waals surface area contributed by atoms with E-state index in [1.165, 1.54) is 6.92 Å². The summed E-state index contributed by atoms with van der Waals surface area (Å²) >= 11 is 0. The van der Waals surface area contributed by atoms with Gasteiger partial charge < -0.3 is 38.7 Å². The van der Waals surface area contributed by atoms with Crippen LogP contribution < -0.4 is 14.5 Å². The van der Waals surface area contributed by atoms with Crippen molar-refractivity contribution in [2.75, 3.05) is 13.6 Å². The lowest BCUT2D eigenvalue weighted by Gasteiger charge is -2.61. The van der Waals surface area contributed by atoms with Crippen molar-refractivity contribution in [2.45, 2.75) is 127 Å². The summed E-state index contributed by atoms with van der Waals surface area (Å²) in [5.74, 6) is 0.111. The van der Waals surface area contributed by atoms with Crippen molar-refractivity contribution in [3.8, 4) is 11.5 Å². The molecule has 2 aliphatic heterocycles. The van der Waals surface area contributed by atoms with Gasteiger partial charge in [-0.25, -0.2) is 9.59 Å². The first-order valence-corrected chi connectivity index (χ1v) is 20.7. The molecule has 2 bridgehead atoms. The molecule has 276 valence electrons. The van der Waals surface area contributed by atoms with Gasteiger partial charge in [-0.05, 0) is 90.0 Å². The second kappa shape index (κ2) is 12.7. The summed E-state index contributed by atoms with van der Waals surface area (Å²) in [6, 6.07) is 11.3. The number of nitrogens with one attached hydrogen (secondary N) is 1. The second-order valence-electron chi connectivity index (χ2n) is 17.0. The Balaban J connectivity index is 1.27. The van der Waals surface area contributed by atoms with Gasteiger partial charge in [0.25, 0.3) is 14.2 Å². The normalized spacial score (nSPS) is 26.5. The third-order valence-corrected chi connectivity index (χ3v) is 15.7. The van der Waals surface area contributed by atoms with Crippen LogP contribution in [0, 0.1) is 0 Å². The number of rotatable bonds is 8. The summed E-state index contributed by atoms with van der Waals surface area (Å²) in [5, 5.41) is 15.3. The van der Waals surface area contributed by atoms with Gasteiger partial charge in [-0.3, -0.25) is 4.79 Å². The van der Waals surface area contributed by atoms with Crippen molar-refractivity contribution in [2.24, 2.45) is 0 Å². The lowest BCUT2D eigenvalue weighted by molar-refractivity contribution is -0.170. The number of benzene rings is 2. The van der Waals surface area contributed by atoms with Crippen LogP contribution in [-0.4, -0.2) is 79.3 Å². The van der Waals surface area contributed by atoms with Crippen molar-refractivity contribution < 1.29 is 42.9 Å². The highest BCUT2D eigenvalue weighted by molar-refractivity contribution is 6.74. The lowest BCUT2D eigenvalue weighted by Crippen LogP contribution is -2.74. The molecule has 0 aromatic heterocycles. The van der Waals surface area contributed by atoms with Crippen molar-refractivity contribution in [3.05, 3.63) is 71.0 Å². The molecule has 2 aromatic rings. The van der Waals surface area contributed by atoms with E-state index in [1.54, 1.807) is 57.2 Å². The minimum absolute atomic E-state index is 0.0583. The van der Waals surface area contributed by atoms with E-state index in [0.29, 0.717) is 35.7 Å². The lowest BCUT2D eigenvalue weighted by atomic mass is 9.50. The molecule has 2 heterocycles. The summed E-state index contributed by atoms with van der Waals surface area (Å²) in [7, 11) is -0.236. The van der Waals surface area contributed by atoms with E-state index >= 15 is 0 Å². The summed E-state index contributed by atoms with van der Waals surface area (Å²) in [4.78, 5) is 42.1. The molecule has 2 aromatic carbocycles. The number of piperidine rings is 1. The first-order valence-electron chi connectivity index (χ1n) is 17.8. The quantitative estimate of drug-likeness (QED) is 0.244. The average molecular weight is 721 g/mol. The zero-order chi connectivity index (χ0) is 37.3. The molecule has 51 heavy (non-hydrogen) atoms. The molecule has 6 atom stereocenters. The summed E-state index contributed by atoms with van der Waals surface area (Å²) < 4.78 is 30.5. The van der Waals surface area contributed by atoms with Gasteiger partial charge in [0, 0.05) is 23.6 Å². The minimum atomic E-state index is -2.28. The molecule has 0 unspecified atom stereocenters. The smallest absolute Gasteiger partial charge is 0.509 e. The molecule has 0 saturated carbocycles. The number of carbonyl (C=O) groups excluding carboxylic acids is 3. The van der Waals surface area contributed by atoms with Crippen LogP contribution >= 0.6 is 0 Å². The first-order chi connectivity index (χ1) is 23.7. The number of amides is 1. The third kappa shape index (κ3) is 6.33.